The number of nitrogens with one attached hydrogen (secondary N) is 1. The van der Waals surface area contributed by atoms with Crippen LogP contribution < -0.4 is 10.5 Å². The smallest absolute Gasteiger partial charge is 0.322 e. The molecule has 13 heteroatoms. The quantitative estimate of drug-likeness (QED) is 0.746. The number of alkyl halides is 6. The number of rotatable bonds is 3. The Morgan fingerprint density at radius 1 is 0.962 bits per heavy atom. The van der Waals surface area contributed by atoms with E-state index in [0.717, 1.165) is 11.4 Å². The van der Waals surface area contributed by atoms with Gasteiger partial charge in [0.2, 0.25) is 10.0 Å². The van der Waals surface area contributed by atoms with E-state index in [-0.39, 0.29) is 15.8 Å². The van der Waals surface area contributed by atoms with Crippen molar-refractivity contribution in [1.82, 2.24) is 0 Å². The number of sulfonamides is 1. The summed E-state index contributed by atoms with van der Waals surface area (Å²) in [6.45, 7) is 0. The zero-order valence-corrected chi connectivity index (χ0v) is 13.9. The Balaban J connectivity index is 2.39. The average molecular weight is 418 g/mol. The molecule has 0 saturated heterocycles. The van der Waals surface area contributed by atoms with Crippen molar-refractivity contribution >= 4 is 33.0 Å². The lowest BCUT2D eigenvalue weighted by Crippen LogP contribution is -2.15. The van der Waals surface area contributed by atoms with Gasteiger partial charge < -0.3 is 5.32 Å². The van der Waals surface area contributed by atoms with Gasteiger partial charge in [0.25, 0.3) is 5.91 Å². The van der Waals surface area contributed by atoms with Gasteiger partial charge in [-0.05, 0) is 24.3 Å². The summed E-state index contributed by atoms with van der Waals surface area (Å²) in [5, 5.41) is 7.79. The highest BCUT2D eigenvalue weighted by Gasteiger charge is 2.37. The Kier molecular flexibility index (Phi) is 5.09. The standard InChI is InChI=1S/C13H8F6N2O3S2/c14-12(15,16)7-2-8(13(17,18)19)4-9(3-7)21-11(22)6-1-10(25-5-6)26(20,23)24/h1-5H,(H,21,22)(H2,20,23,24). The normalized spacial score (nSPS) is 12.9. The summed E-state index contributed by atoms with van der Waals surface area (Å²) in [5.41, 5.74) is -4.23. The average Bonchev–Trinajstić information content (AvgIpc) is 2.95. The lowest BCUT2D eigenvalue weighted by molar-refractivity contribution is -0.143. The fourth-order valence-electron chi connectivity index (χ4n) is 1.82. The third kappa shape index (κ3) is 4.74. The summed E-state index contributed by atoms with van der Waals surface area (Å²) in [7, 11) is -4.10. The monoisotopic (exact) mass is 418 g/mol. The molecule has 0 aliphatic heterocycles. The Bertz CT molecular complexity index is 915. The highest BCUT2D eigenvalue weighted by atomic mass is 32.2. The molecular weight excluding hydrogens is 410 g/mol. The number of hydrogen-bond acceptors (Lipinski definition) is 4. The molecule has 1 aromatic heterocycles. The topological polar surface area (TPSA) is 89.3 Å². The second-order valence-electron chi connectivity index (χ2n) is 4.95. The molecule has 0 unspecified atom stereocenters. The molecule has 0 aliphatic carbocycles. The highest BCUT2D eigenvalue weighted by molar-refractivity contribution is 7.91. The van der Waals surface area contributed by atoms with Crippen LogP contribution in [0.1, 0.15) is 21.5 Å². The van der Waals surface area contributed by atoms with Crippen LogP contribution in [0.5, 0.6) is 0 Å². The van der Waals surface area contributed by atoms with Gasteiger partial charge in [-0.3, -0.25) is 4.79 Å². The summed E-state index contributed by atoms with van der Waals surface area (Å²) < 4.78 is 98.5. The first-order chi connectivity index (χ1) is 11.7. The second-order valence-corrected chi connectivity index (χ2v) is 7.65. The maximum absolute atomic E-state index is 12.8. The minimum atomic E-state index is -5.07. The van der Waals surface area contributed by atoms with E-state index in [0.29, 0.717) is 23.5 Å². The van der Waals surface area contributed by atoms with Gasteiger partial charge in [0.05, 0.1) is 16.7 Å². The van der Waals surface area contributed by atoms with Gasteiger partial charge in [0.1, 0.15) is 4.21 Å². The summed E-state index contributed by atoms with van der Waals surface area (Å²) in [5.74, 6) is -1.09. The van der Waals surface area contributed by atoms with Gasteiger partial charge in [0, 0.05) is 11.1 Å². The zero-order valence-electron chi connectivity index (χ0n) is 12.3. The maximum Gasteiger partial charge on any atom is 0.416 e. The van der Waals surface area contributed by atoms with Crippen LogP contribution in [-0.4, -0.2) is 14.3 Å². The fraction of sp³-hybridized carbons (Fsp3) is 0.154. The highest BCUT2D eigenvalue weighted by Crippen LogP contribution is 2.37. The Labute approximate surface area is 146 Å². The van der Waals surface area contributed by atoms with Crippen molar-refractivity contribution in [2.24, 2.45) is 5.14 Å². The molecular formula is C13H8F6N2O3S2. The van der Waals surface area contributed by atoms with Crippen molar-refractivity contribution in [2.75, 3.05) is 5.32 Å². The van der Waals surface area contributed by atoms with Crippen LogP contribution in [-0.2, 0) is 22.4 Å². The van der Waals surface area contributed by atoms with Crippen molar-refractivity contribution in [3.8, 4) is 0 Å². The number of hydrogen-bond donors (Lipinski definition) is 2. The maximum atomic E-state index is 12.8. The predicted octanol–water partition coefficient (Wildman–Crippen LogP) is 3.69. The van der Waals surface area contributed by atoms with Gasteiger partial charge in [-0.25, -0.2) is 13.6 Å². The number of nitrogens with two attached hydrogens (primary N) is 1. The number of carbonyl (C=O) groups is 1. The Hall–Kier alpha value is -2.12. The van der Waals surface area contributed by atoms with Gasteiger partial charge in [-0.15, -0.1) is 11.3 Å². The molecule has 2 rings (SSSR count). The van der Waals surface area contributed by atoms with Crippen molar-refractivity contribution in [3.63, 3.8) is 0 Å². The van der Waals surface area contributed by atoms with Crippen molar-refractivity contribution in [2.45, 2.75) is 16.6 Å². The second kappa shape index (κ2) is 6.55. The summed E-state index contributed by atoms with van der Waals surface area (Å²) >= 11 is 0.576. The van der Waals surface area contributed by atoms with E-state index in [1.807, 2.05) is 5.32 Å². The Morgan fingerprint density at radius 2 is 1.46 bits per heavy atom. The zero-order chi connectivity index (χ0) is 19.9. The van der Waals surface area contributed by atoms with Gasteiger partial charge >= 0.3 is 12.4 Å². The molecule has 1 aromatic carbocycles. The molecule has 0 bridgehead atoms. The van der Waals surface area contributed by atoms with Crippen molar-refractivity contribution in [1.29, 1.82) is 0 Å². The number of benzene rings is 1. The fourth-order valence-corrected chi connectivity index (χ4v) is 3.40. The third-order valence-corrected chi connectivity index (χ3v) is 5.35. The molecule has 0 spiro atoms. The molecule has 1 amide bonds. The number of amides is 1. The van der Waals surface area contributed by atoms with Crippen LogP contribution in [0.25, 0.3) is 0 Å². The van der Waals surface area contributed by atoms with E-state index in [1.165, 1.54) is 0 Å². The van der Waals surface area contributed by atoms with Crippen LogP contribution in [0, 0.1) is 0 Å². The first-order valence-corrected chi connectivity index (χ1v) is 8.83. The molecule has 0 fully saturated rings. The molecule has 5 nitrogen and oxygen atoms in total. The van der Waals surface area contributed by atoms with Crippen LogP contribution in [0.4, 0.5) is 32.0 Å². The van der Waals surface area contributed by atoms with Gasteiger partial charge in [0.15, 0.2) is 0 Å². The van der Waals surface area contributed by atoms with Crippen LogP contribution >= 0.6 is 11.3 Å². The van der Waals surface area contributed by atoms with Gasteiger partial charge in [-0.1, -0.05) is 0 Å². The third-order valence-electron chi connectivity index (χ3n) is 2.96. The summed E-state index contributed by atoms with van der Waals surface area (Å²) in [6, 6.07) is 1.44. The largest absolute Gasteiger partial charge is 0.416 e. The molecule has 26 heavy (non-hydrogen) atoms. The van der Waals surface area contributed by atoms with E-state index in [9.17, 15) is 39.6 Å². The summed E-state index contributed by atoms with van der Waals surface area (Å²) in [4.78, 5) is 12.0. The van der Waals surface area contributed by atoms with Gasteiger partial charge in [-0.2, -0.15) is 26.3 Å². The number of primary sulfonamides is 1. The molecule has 0 saturated carbocycles. The lowest BCUT2D eigenvalue weighted by Gasteiger charge is -2.14. The van der Waals surface area contributed by atoms with Crippen molar-refractivity contribution in [3.05, 3.63) is 46.3 Å². The van der Waals surface area contributed by atoms with Crippen LogP contribution in [0.2, 0.25) is 0 Å². The number of carbonyl (C=O) groups excluding carboxylic acids is 1. The minimum absolute atomic E-state index is 0.0840. The SMILES string of the molecule is NS(=O)(=O)c1cc(C(=O)Nc2cc(C(F)(F)F)cc(C(F)(F)F)c2)cs1. The molecule has 142 valence electrons. The van der Waals surface area contributed by atoms with E-state index >= 15 is 0 Å². The van der Waals surface area contributed by atoms with Crippen LogP contribution in [0.15, 0.2) is 33.9 Å². The Morgan fingerprint density at radius 3 is 1.85 bits per heavy atom. The predicted molar refractivity (Wildman–Crippen MR) is 80.1 cm³/mol. The van der Waals surface area contributed by atoms with E-state index in [4.69, 9.17) is 5.14 Å². The van der Waals surface area contributed by atoms with Crippen molar-refractivity contribution < 1.29 is 39.6 Å². The van der Waals surface area contributed by atoms with E-state index in [2.05, 4.69) is 0 Å². The molecule has 0 radical (unpaired) electrons. The molecule has 0 aliphatic rings. The molecule has 3 N–H and O–H groups in total. The lowest BCUT2D eigenvalue weighted by atomic mass is 10.1. The minimum Gasteiger partial charge on any atom is -0.322 e. The molecule has 2 aromatic rings. The first-order valence-electron chi connectivity index (χ1n) is 6.40. The van der Waals surface area contributed by atoms with E-state index in [1.54, 1.807) is 0 Å². The van der Waals surface area contributed by atoms with E-state index < -0.39 is 45.1 Å². The number of halogens is 6. The number of thiophene rings is 1. The molecule has 1 heterocycles. The number of anilines is 1. The van der Waals surface area contributed by atoms with Crippen LogP contribution in [0.3, 0.4) is 0 Å². The summed E-state index contributed by atoms with van der Waals surface area (Å²) in [6.07, 6.45) is -10.1. The molecule has 0 atom stereocenters. The first kappa shape index (κ1) is 20.2.